The van der Waals surface area contributed by atoms with Crippen LogP contribution in [0, 0.1) is 0 Å². The quantitative estimate of drug-likeness (QED) is 0.560. The summed E-state index contributed by atoms with van der Waals surface area (Å²) in [6, 6.07) is 16.8. The van der Waals surface area contributed by atoms with Crippen molar-refractivity contribution >= 4 is 23.3 Å². The molecule has 2 aromatic carbocycles. The Kier molecular flexibility index (Phi) is 6.81. The molecule has 0 unspecified atom stereocenters. The zero-order valence-electron chi connectivity index (χ0n) is 18.2. The Labute approximate surface area is 194 Å². The molecular weight excluding hydrogens is 445 g/mol. The Morgan fingerprint density at radius 3 is 2.38 bits per heavy atom. The number of amides is 2. The van der Waals surface area contributed by atoms with Crippen LogP contribution in [0.3, 0.4) is 0 Å². The molecule has 6 nitrogen and oxygen atoms in total. The number of anilines is 2. The van der Waals surface area contributed by atoms with E-state index in [9.17, 15) is 22.8 Å². The van der Waals surface area contributed by atoms with Gasteiger partial charge in [-0.15, -0.1) is 0 Å². The second kappa shape index (κ2) is 9.94. The highest BCUT2D eigenvalue weighted by Crippen LogP contribution is 2.31. The van der Waals surface area contributed by atoms with Crippen LogP contribution in [0.5, 0.6) is 0 Å². The van der Waals surface area contributed by atoms with Crippen molar-refractivity contribution in [1.82, 2.24) is 15.2 Å². The number of halogens is 3. The van der Waals surface area contributed by atoms with Crippen LogP contribution >= 0.6 is 0 Å². The number of carbonyl (C=O) groups excluding carboxylic acids is 2. The van der Waals surface area contributed by atoms with Gasteiger partial charge in [-0.05, 0) is 55.3 Å². The predicted octanol–water partition coefficient (Wildman–Crippen LogP) is 4.88. The summed E-state index contributed by atoms with van der Waals surface area (Å²) in [5.74, 6) is -0.230. The molecule has 0 saturated carbocycles. The third kappa shape index (κ3) is 5.54. The lowest BCUT2D eigenvalue weighted by molar-refractivity contribution is -0.137. The van der Waals surface area contributed by atoms with E-state index in [1.165, 1.54) is 18.3 Å². The standard InChI is InChI=1S/C25H23F3N4O2/c26-25(27,28)18-8-4-9-20(16-18)30-22-21(10-5-13-29-22)24(34)32-14-11-19(12-15-32)31-23(33)17-6-2-1-3-7-17/h1-10,13,16,19H,11-12,14-15H2,(H,29,30)(H,31,33). The predicted molar refractivity (Wildman–Crippen MR) is 122 cm³/mol. The van der Waals surface area contributed by atoms with E-state index in [4.69, 9.17) is 0 Å². The Balaban J connectivity index is 1.40. The Morgan fingerprint density at radius 1 is 0.941 bits per heavy atom. The van der Waals surface area contributed by atoms with E-state index in [1.54, 1.807) is 41.3 Å². The number of rotatable bonds is 5. The largest absolute Gasteiger partial charge is 0.416 e. The molecule has 0 bridgehead atoms. The van der Waals surface area contributed by atoms with Gasteiger partial charge in [0.15, 0.2) is 0 Å². The summed E-state index contributed by atoms with van der Waals surface area (Å²) < 4.78 is 39.1. The molecule has 4 rings (SSSR count). The second-order valence-corrected chi connectivity index (χ2v) is 8.01. The molecule has 176 valence electrons. The topological polar surface area (TPSA) is 74.3 Å². The summed E-state index contributed by atoms with van der Waals surface area (Å²) in [6.45, 7) is 0.882. The average Bonchev–Trinajstić information content (AvgIpc) is 2.85. The van der Waals surface area contributed by atoms with Gasteiger partial charge >= 0.3 is 6.18 Å². The van der Waals surface area contributed by atoms with Crippen LogP contribution in [0.4, 0.5) is 24.7 Å². The highest BCUT2D eigenvalue weighted by molar-refractivity contribution is 5.99. The SMILES string of the molecule is O=C(NC1CCN(C(=O)c2cccnc2Nc2cccc(C(F)(F)F)c2)CC1)c1ccccc1. The summed E-state index contributed by atoms with van der Waals surface area (Å²) in [6.07, 6.45) is -1.80. The van der Waals surface area contributed by atoms with Crippen molar-refractivity contribution in [3.05, 3.63) is 89.6 Å². The van der Waals surface area contributed by atoms with E-state index in [2.05, 4.69) is 15.6 Å². The van der Waals surface area contributed by atoms with Gasteiger partial charge in [0.05, 0.1) is 11.1 Å². The van der Waals surface area contributed by atoms with E-state index >= 15 is 0 Å². The van der Waals surface area contributed by atoms with E-state index in [0.717, 1.165) is 12.1 Å². The van der Waals surface area contributed by atoms with Crippen LogP contribution in [-0.4, -0.2) is 40.8 Å². The normalized spacial score (nSPS) is 14.5. The minimum atomic E-state index is -4.47. The number of nitrogens with zero attached hydrogens (tertiary/aromatic N) is 2. The van der Waals surface area contributed by atoms with Crippen LogP contribution in [0.25, 0.3) is 0 Å². The molecule has 34 heavy (non-hydrogen) atoms. The first-order chi connectivity index (χ1) is 16.3. The van der Waals surface area contributed by atoms with Gasteiger partial charge in [-0.2, -0.15) is 13.2 Å². The molecule has 0 atom stereocenters. The maximum atomic E-state index is 13.2. The van der Waals surface area contributed by atoms with Crippen LogP contribution in [-0.2, 0) is 6.18 Å². The number of likely N-dealkylation sites (tertiary alicyclic amines) is 1. The van der Waals surface area contributed by atoms with E-state index in [0.29, 0.717) is 31.5 Å². The van der Waals surface area contributed by atoms with Crippen molar-refractivity contribution in [2.75, 3.05) is 18.4 Å². The fraction of sp³-hybridized carbons (Fsp3) is 0.240. The highest BCUT2D eigenvalue weighted by Gasteiger charge is 2.31. The average molecular weight is 468 g/mol. The van der Waals surface area contributed by atoms with Crippen LogP contribution in [0.2, 0.25) is 0 Å². The second-order valence-electron chi connectivity index (χ2n) is 8.01. The van der Waals surface area contributed by atoms with Gasteiger partial charge < -0.3 is 15.5 Å². The molecule has 1 saturated heterocycles. The first-order valence-electron chi connectivity index (χ1n) is 10.9. The number of pyridine rings is 1. The van der Waals surface area contributed by atoms with Gasteiger partial charge in [-0.25, -0.2) is 4.98 Å². The number of carbonyl (C=O) groups is 2. The molecule has 1 aromatic heterocycles. The molecule has 2 amide bonds. The number of nitrogens with one attached hydrogen (secondary N) is 2. The van der Waals surface area contributed by atoms with Gasteiger partial charge in [0.2, 0.25) is 0 Å². The highest BCUT2D eigenvalue weighted by atomic mass is 19.4. The molecule has 3 aromatic rings. The minimum Gasteiger partial charge on any atom is -0.349 e. The fourth-order valence-corrected chi connectivity index (χ4v) is 3.84. The maximum absolute atomic E-state index is 13.2. The molecular formula is C25H23F3N4O2. The number of piperidine rings is 1. The molecule has 0 aliphatic carbocycles. The van der Waals surface area contributed by atoms with E-state index in [-0.39, 0.29) is 34.9 Å². The maximum Gasteiger partial charge on any atom is 0.416 e. The fourth-order valence-electron chi connectivity index (χ4n) is 3.84. The van der Waals surface area contributed by atoms with Crippen molar-refractivity contribution in [2.45, 2.75) is 25.1 Å². The van der Waals surface area contributed by atoms with E-state index in [1.807, 2.05) is 6.07 Å². The molecule has 2 N–H and O–H groups in total. The first-order valence-corrected chi connectivity index (χ1v) is 10.9. The molecule has 0 spiro atoms. The van der Waals surface area contributed by atoms with Gasteiger partial charge in [-0.3, -0.25) is 9.59 Å². The number of aromatic nitrogens is 1. The molecule has 9 heteroatoms. The zero-order valence-corrected chi connectivity index (χ0v) is 18.2. The Bertz CT molecular complexity index is 1160. The van der Waals surface area contributed by atoms with Crippen molar-refractivity contribution in [2.24, 2.45) is 0 Å². The van der Waals surface area contributed by atoms with Crippen molar-refractivity contribution < 1.29 is 22.8 Å². The van der Waals surface area contributed by atoms with Crippen molar-refractivity contribution in [3.8, 4) is 0 Å². The third-order valence-electron chi connectivity index (χ3n) is 5.64. The van der Waals surface area contributed by atoms with Gasteiger partial charge in [0.1, 0.15) is 5.82 Å². The summed E-state index contributed by atoms with van der Waals surface area (Å²) >= 11 is 0. The zero-order chi connectivity index (χ0) is 24.1. The lowest BCUT2D eigenvalue weighted by Crippen LogP contribution is -2.46. The monoisotopic (exact) mass is 468 g/mol. The molecule has 1 aliphatic rings. The van der Waals surface area contributed by atoms with Gasteiger partial charge in [0, 0.05) is 36.6 Å². The molecule has 2 heterocycles. The van der Waals surface area contributed by atoms with Crippen LogP contribution in [0.1, 0.15) is 39.1 Å². The third-order valence-corrected chi connectivity index (χ3v) is 5.64. The smallest absolute Gasteiger partial charge is 0.349 e. The van der Waals surface area contributed by atoms with Crippen LogP contribution < -0.4 is 10.6 Å². The number of benzene rings is 2. The molecule has 0 radical (unpaired) electrons. The summed E-state index contributed by atoms with van der Waals surface area (Å²) in [4.78, 5) is 31.4. The lowest BCUT2D eigenvalue weighted by atomic mass is 10.0. The summed E-state index contributed by atoms with van der Waals surface area (Å²) in [7, 11) is 0. The summed E-state index contributed by atoms with van der Waals surface area (Å²) in [5, 5.41) is 5.84. The Morgan fingerprint density at radius 2 is 1.68 bits per heavy atom. The number of alkyl halides is 3. The van der Waals surface area contributed by atoms with Gasteiger partial charge in [-0.1, -0.05) is 24.3 Å². The van der Waals surface area contributed by atoms with Crippen molar-refractivity contribution in [1.29, 1.82) is 0 Å². The number of hydrogen-bond donors (Lipinski definition) is 2. The lowest BCUT2D eigenvalue weighted by Gasteiger charge is -2.32. The molecule has 1 aliphatic heterocycles. The molecule has 1 fully saturated rings. The Hall–Kier alpha value is -3.88. The summed E-state index contributed by atoms with van der Waals surface area (Å²) in [5.41, 5.74) is 0.249. The van der Waals surface area contributed by atoms with Gasteiger partial charge in [0.25, 0.3) is 11.8 Å². The first kappa shape index (κ1) is 23.3. The van der Waals surface area contributed by atoms with Crippen molar-refractivity contribution in [3.63, 3.8) is 0 Å². The minimum absolute atomic E-state index is 0.0478. The van der Waals surface area contributed by atoms with E-state index < -0.39 is 11.7 Å². The van der Waals surface area contributed by atoms with Crippen LogP contribution in [0.15, 0.2) is 72.9 Å². The number of hydrogen-bond acceptors (Lipinski definition) is 4.